The van der Waals surface area contributed by atoms with Crippen LogP contribution in [0.25, 0.3) is 10.9 Å². The second-order valence-electron chi connectivity index (χ2n) is 6.90. The molecule has 3 aromatic rings. The molecular weight excluding hydrogens is 383 g/mol. The van der Waals surface area contributed by atoms with E-state index >= 15 is 0 Å². The molecule has 0 radical (unpaired) electrons. The molecule has 3 rings (SSSR count). The molecule has 5 nitrogen and oxygen atoms in total. The number of alkyl halides is 3. The Morgan fingerprint density at radius 3 is 2.45 bits per heavy atom. The van der Waals surface area contributed by atoms with Crippen LogP contribution in [0.5, 0.6) is 0 Å². The van der Waals surface area contributed by atoms with E-state index in [-0.39, 0.29) is 23.8 Å². The SMILES string of the molecule is CC(C)N(Cc1cc(=O)[nH]c2ccccc12)C(=O)Nc1ccccc1C(F)(F)F. The number of aromatic nitrogens is 1. The number of anilines is 1. The molecule has 2 aromatic carbocycles. The van der Waals surface area contributed by atoms with Crippen molar-refractivity contribution in [3.8, 4) is 0 Å². The third-order valence-corrected chi connectivity index (χ3v) is 4.54. The molecule has 2 amide bonds. The van der Waals surface area contributed by atoms with Gasteiger partial charge in [-0.05, 0) is 37.6 Å². The van der Waals surface area contributed by atoms with Crippen LogP contribution in [0, 0.1) is 0 Å². The summed E-state index contributed by atoms with van der Waals surface area (Å²) in [6.45, 7) is 3.58. The Balaban J connectivity index is 1.93. The normalized spacial score (nSPS) is 11.7. The van der Waals surface area contributed by atoms with Crippen LogP contribution in [0.3, 0.4) is 0 Å². The minimum atomic E-state index is -4.59. The number of pyridine rings is 1. The number of halogens is 3. The topological polar surface area (TPSA) is 65.2 Å². The number of fused-ring (bicyclic) bond motifs is 1. The number of hydrogen-bond donors (Lipinski definition) is 2. The Hall–Kier alpha value is -3.29. The number of aromatic amines is 1. The number of H-pyrrole nitrogens is 1. The Morgan fingerprint density at radius 2 is 1.76 bits per heavy atom. The number of nitrogens with one attached hydrogen (secondary N) is 2. The maximum atomic E-state index is 13.2. The van der Waals surface area contributed by atoms with E-state index in [1.54, 1.807) is 26.0 Å². The summed E-state index contributed by atoms with van der Waals surface area (Å²) in [4.78, 5) is 28.9. The van der Waals surface area contributed by atoms with Crippen LogP contribution in [0.15, 0.2) is 59.4 Å². The van der Waals surface area contributed by atoms with E-state index in [2.05, 4.69) is 10.3 Å². The van der Waals surface area contributed by atoms with Crippen molar-refractivity contribution in [2.45, 2.75) is 32.6 Å². The first-order chi connectivity index (χ1) is 13.7. The van der Waals surface area contributed by atoms with E-state index in [1.165, 1.54) is 29.2 Å². The Kier molecular flexibility index (Phi) is 5.63. The second-order valence-corrected chi connectivity index (χ2v) is 6.90. The van der Waals surface area contributed by atoms with Crippen molar-refractivity contribution in [3.05, 3.63) is 76.1 Å². The summed E-state index contributed by atoms with van der Waals surface area (Å²) in [6, 6.07) is 12.4. The molecule has 0 aliphatic rings. The minimum absolute atomic E-state index is 0.0715. The highest BCUT2D eigenvalue weighted by atomic mass is 19.4. The molecular formula is C21H20F3N3O2. The number of urea groups is 1. The second kappa shape index (κ2) is 7.98. The summed E-state index contributed by atoms with van der Waals surface area (Å²) in [5.41, 5.74) is -0.311. The fraction of sp³-hybridized carbons (Fsp3) is 0.238. The van der Waals surface area contributed by atoms with Gasteiger partial charge in [-0.15, -0.1) is 0 Å². The van der Waals surface area contributed by atoms with Crippen molar-refractivity contribution in [2.24, 2.45) is 0 Å². The molecule has 0 aliphatic carbocycles. The molecule has 0 spiro atoms. The molecule has 0 saturated carbocycles. The molecule has 29 heavy (non-hydrogen) atoms. The van der Waals surface area contributed by atoms with Gasteiger partial charge in [-0.25, -0.2) is 4.79 Å². The van der Waals surface area contributed by atoms with E-state index < -0.39 is 17.8 Å². The highest BCUT2D eigenvalue weighted by molar-refractivity contribution is 5.91. The van der Waals surface area contributed by atoms with Gasteiger partial charge in [-0.1, -0.05) is 30.3 Å². The van der Waals surface area contributed by atoms with E-state index in [9.17, 15) is 22.8 Å². The molecule has 1 heterocycles. The zero-order chi connectivity index (χ0) is 21.2. The maximum absolute atomic E-state index is 13.2. The molecule has 152 valence electrons. The lowest BCUT2D eigenvalue weighted by molar-refractivity contribution is -0.136. The Bertz CT molecular complexity index is 1090. The van der Waals surface area contributed by atoms with Gasteiger partial charge in [-0.2, -0.15) is 13.2 Å². The molecule has 1 aromatic heterocycles. The number of carbonyl (C=O) groups is 1. The first kappa shape index (κ1) is 20.4. The molecule has 0 fully saturated rings. The van der Waals surface area contributed by atoms with Crippen LogP contribution in [0.2, 0.25) is 0 Å². The van der Waals surface area contributed by atoms with Crippen LogP contribution in [0.4, 0.5) is 23.7 Å². The van der Waals surface area contributed by atoms with Crippen molar-refractivity contribution in [2.75, 3.05) is 5.32 Å². The van der Waals surface area contributed by atoms with E-state index in [1.807, 2.05) is 12.1 Å². The largest absolute Gasteiger partial charge is 0.418 e. The summed E-state index contributed by atoms with van der Waals surface area (Å²) in [6.07, 6.45) is -4.59. The lowest BCUT2D eigenvalue weighted by atomic mass is 10.1. The number of nitrogens with zero attached hydrogens (tertiary/aromatic N) is 1. The van der Waals surface area contributed by atoms with Crippen molar-refractivity contribution < 1.29 is 18.0 Å². The Morgan fingerprint density at radius 1 is 1.10 bits per heavy atom. The zero-order valence-electron chi connectivity index (χ0n) is 15.9. The molecule has 0 unspecified atom stereocenters. The van der Waals surface area contributed by atoms with Crippen LogP contribution in [0.1, 0.15) is 25.0 Å². The predicted molar refractivity (Wildman–Crippen MR) is 106 cm³/mol. The average Bonchev–Trinajstić information content (AvgIpc) is 2.65. The smallest absolute Gasteiger partial charge is 0.322 e. The lowest BCUT2D eigenvalue weighted by Crippen LogP contribution is -2.40. The number of para-hydroxylation sites is 2. The van der Waals surface area contributed by atoms with Gasteiger partial charge in [0, 0.05) is 29.6 Å². The van der Waals surface area contributed by atoms with Crippen LogP contribution in [-0.2, 0) is 12.7 Å². The van der Waals surface area contributed by atoms with Crippen LogP contribution in [-0.4, -0.2) is 22.0 Å². The van der Waals surface area contributed by atoms with Crippen LogP contribution < -0.4 is 10.9 Å². The van der Waals surface area contributed by atoms with Crippen molar-refractivity contribution in [1.29, 1.82) is 0 Å². The third kappa shape index (κ3) is 4.59. The average molecular weight is 403 g/mol. The molecule has 0 aliphatic heterocycles. The van der Waals surface area contributed by atoms with Gasteiger partial charge < -0.3 is 15.2 Å². The van der Waals surface area contributed by atoms with Gasteiger partial charge in [-0.3, -0.25) is 4.79 Å². The van der Waals surface area contributed by atoms with Gasteiger partial charge >= 0.3 is 12.2 Å². The zero-order valence-corrected chi connectivity index (χ0v) is 15.9. The quantitative estimate of drug-likeness (QED) is 0.645. The number of hydrogen-bond acceptors (Lipinski definition) is 2. The number of amides is 2. The summed E-state index contributed by atoms with van der Waals surface area (Å²) < 4.78 is 39.7. The van der Waals surface area contributed by atoms with Crippen molar-refractivity contribution >= 4 is 22.6 Å². The van der Waals surface area contributed by atoms with Gasteiger partial charge in [0.05, 0.1) is 11.3 Å². The van der Waals surface area contributed by atoms with E-state index in [0.29, 0.717) is 11.1 Å². The highest BCUT2D eigenvalue weighted by Crippen LogP contribution is 2.34. The third-order valence-electron chi connectivity index (χ3n) is 4.54. The number of carbonyl (C=O) groups excluding carboxylic acids is 1. The van der Waals surface area contributed by atoms with Gasteiger partial charge in [0.2, 0.25) is 5.56 Å². The van der Waals surface area contributed by atoms with Crippen LogP contribution >= 0.6 is 0 Å². The summed E-state index contributed by atoms with van der Waals surface area (Å²) in [7, 11) is 0. The van der Waals surface area contributed by atoms with Crippen molar-refractivity contribution in [3.63, 3.8) is 0 Å². The van der Waals surface area contributed by atoms with Gasteiger partial charge in [0.25, 0.3) is 0 Å². The monoisotopic (exact) mass is 403 g/mol. The Labute approximate surface area is 165 Å². The summed E-state index contributed by atoms with van der Waals surface area (Å²) in [5.74, 6) is 0. The molecule has 0 saturated heterocycles. The fourth-order valence-corrected chi connectivity index (χ4v) is 3.11. The summed E-state index contributed by atoms with van der Waals surface area (Å²) in [5, 5.41) is 3.13. The van der Waals surface area contributed by atoms with E-state index in [4.69, 9.17) is 0 Å². The molecule has 0 bridgehead atoms. The molecule has 8 heteroatoms. The maximum Gasteiger partial charge on any atom is 0.418 e. The first-order valence-corrected chi connectivity index (χ1v) is 9.01. The highest BCUT2D eigenvalue weighted by Gasteiger charge is 2.34. The number of benzene rings is 2. The first-order valence-electron chi connectivity index (χ1n) is 9.01. The fourth-order valence-electron chi connectivity index (χ4n) is 3.11. The lowest BCUT2D eigenvalue weighted by Gasteiger charge is -2.28. The molecule has 2 N–H and O–H groups in total. The number of rotatable bonds is 4. The van der Waals surface area contributed by atoms with Crippen molar-refractivity contribution in [1.82, 2.24) is 9.88 Å². The van der Waals surface area contributed by atoms with Gasteiger partial charge in [0.15, 0.2) is 0 Å². The molecule has 0 atom stereocenters. The standard InChI is InChI=1S/C21H20F3N3O2/c1-13(2)27(12-14-11-19(28)25-17-9-5-3-7-15(14)17)20(29)26-18-10-6-4-8-16(18)21(22,23)24/h3-11,13H,12H2,1-2H3,(H,25,28)(H,26,29). The minimum Gasteiger partial charge on any atom is -0.322 e. The van der Waals surface area contributed by atoms with E-state index in [0.717, 1.165) is 11.5 Å². The van der Waals surface area contributed by atoms with Gasteiger partial charge in [0.1, 0.15) is 0 Å². The summed E-state index contributed by atoms with van der Waals surface area (Å²) >= 11 is 0. The predicted octanol–water partition coefficient (Wildman–Crippen LogP) is 4.99.